The van der Waals surface area contributed by atoms with E-state index in [-0.39, 0.29) is 23.4 Å². The molecule has 0 unspecified atom stereocenters. The van der Waals surface area contributed by atoms with Gasteiger partial charge in [-0.1, -0.05) is 0 Å². The van der Waals surface area contributed by atoms with Crippen molar-refractivity contribution in [2.75, 3.05) is 6.54 Å². The Labute approximate surface area is 79.8 Å². The first-order chi connectivity index (χ1) is 6.56. The molecule has 0 bridgehead atoms. The van der Waals surface area contributed by atoms with E-state index in [1.54, 1.807) is 0 Å². The summed E-state index contributed by atoms with van der Waals surface area (Å²) >= 11 is 0. The first-order valence-electron chi connectivity index (χ1n) is 3.86. The SMILES string of the molecule is NCC(=O)c1cc(C(=O)O)ccc1O. The lowest BCUT2D eigenvalue weighted by Crippen LogP contribution is -2.14. The highest BCUT2D eigenvalue weighted by atomic mass is 16.4. The lowest BCUT2D eigenvalue weighted by molar-refractivity contribution is 0.0697. The van der Waals surface area contributed by atoms with Gasteiger partial charge in [-0.2, -0.15) is 0 Å². The van der Waals surface area contributed by atoms with Crippen molar-refractivity contribution in [3.8, 4) is 5.75 Å². The second-order valence-electron chi connectivity index (χ2n) is 2.66. The Bertz CT molecular complexity index is 386. The van der Waals surface area contributed by atoms with Crippen molar-refractivity contribution in [3.63, 3.8) is 0 Å². The molecule has 0 saturated carbocycles. The Kier molecular flexibility index (Phi) is 2.83. The van der Waals surface area contributed by atoms with Gasteiger partial charge in [0.2, 0.25) is 0 Å². The first-order valence-corrected chi connectivity index (χ1v) is 3.86. The molecule has 1 aromatic rings. The number of carbonyl (C=O) groups excluding carboxylic acids is 1. The Morgan fingerprint density at radius 3 is 2.50 bits per heavy atom. The molecule has 0 aliphatic rings. The predicted molar refractivity (Wildman–Crippen MR) is 48.5 cm³/mol. The topological polar surface area (TPSA) is 101 Å². The molecule has 5 nitrogen and oxygen atoms in total. The third kappa shape index (κ3) is 1.89. The summed E-state index contributed by atoms with van der Waals surface area (Å²) in [5, 5.41) is 17.9. The summed E-state index contributed by atoms with van der Waals surface area (Å²) in [7, 11) is 0. The fraction of sp³-hybridized carbons (Fsp3) is 0.111. The second kappa shape index (κ2) is 3.89. The van der Waals surface area contributed by atoms with Gasteiger partial charge in [-0.05, 0) is 18.2 Å². The molecule has 5 heteroatoms. The molecule has 0 radical (unpaired) electrons. The van der Waals surface area contributed by atoms with E-state index >= 15 is 0 Å². The molecular formula is C9H9NO4. The summed E-state index contributed by atoms with van der Waals surface area (Å²) in [5.74, 6) is -1.91. The maximum Gasteiger partial charge on any atom is 0.335 e. The van der Waals surface area contributed by atoms with E-state index in [0.717, 1.165) is 12.1 Å². The van der Waals surface area contributed by atoms with Crippen LogP contribution in [0.3, 0.4) is 0 Å². The Balaban J connectivity index is 3.21. The van der Waals surface area contributed by atoms with Crippen LogP contribution in [0.25, 0.3) is 0 Å². The van der Waals surface area contributed by atoms with Gasteiger partial charge >= 0.3 is 5.97 Å². The maximum absolute atomic E-state index is 11.1. The predicted octanol–water partition coefficient (Wildman–Crippen LogP) is 0.232. The van der Waals surface area contributed by atoms with Crippen LogP contribution in [0.4, 0.5) is 0 Å². The minimum absolute atomic E-state index is 0.0559. The van der Waals surface area contributed by atoms with Gasteiger partial charge in [-0.3, -0.25) is 4.79 Å². The minimum atomic E-state index is -1.16. The largest absolute Gasteiger partial charge is 0.507 e. The molecule has 0 fully saturated rings. The van der Waals surface area contributed by atoms with Gasteiger partial charge in [0.25, 0.3) is 0 Å². The highest BCUT2D eigenvalue weighted by Crippen LogP contribution is 2.18. The number of ketones is 1. The van der Waals surface area contributed by atoms with Gasteiger partial charge in [-0.15, -0.1) is 0 Å². The first kappa shape index (κ1) is 10.2. The van der Waals surface area contributed by atoms with Crippen molar-refractivity contribution in [2.45, 2.75) is 0 Å². The van der Waals surface area contributed by atoms with Gasteiger partial charge in [-0.25, -0.2) is 4.79 Å². The number of nitrogens with two attached hydrogens (primary N) is 1. The van der Waals surface area contributed by atoms with E-state index in [1.165, 1.54) is 6.07 Å². The van der Waals surface area contributed by atoms with Crippen LogP contribution in [-0.4, -0.2) is 28.5 Å². The number of phenols is 1. The summed E-state index contributed by atoms with van der Waals surface area (Å²) in [4.78, 5) is 21.7. The summed E-state index contributed by atoms with van der Waals surface area (Å²) < 4.78 is 0. The van der Waals surface area contributed by atoms with Gasteiger partial charge < -0.3 is 15.9 Å². The lowest BCUT2D eigenvalue weighted by atomic mass is 10.1. The monoisotopic (exact) mass is 195 g/mol. The van der Waals surface area contributed by atoms with Crippen LogP contribution in [0.5, 0.6) is 5.75 Å². The fourth-order valence-electron chi connectivity index (χ4n) is 1.00. The van der Waals surface area contributed by atoms with Crippen molar-refractivity contribution in [3.05, 3.63) is 29.3 Å². The number of Topliss-reactive ketones (excluding diaryl/α,β-unsaturated/α-hetero) is 1. The number of hydrogen-bond acceptors (Lipinski definition) is 4. The number of carboxylic acids is 1. The van der Waals surface area contributed by atoms with Gasteiger partial charge in [0.05, 0.1) is 17.7 Å². The smallest absolute Gasteiger partial charge is 0.335 e. The van der Waals surface area contributed by atoms with Crippen molar-refractivity contribution in [2.24, 2.45) is 5.73 Å². The van der Waals surface area contributed by atoms with Crippen LogP contribution in [0.15, 0.2) is 18.2 Å². The van der Waals surface area contributed by atoms with E-state index in [9.17, 15) is 14.7 Å². The molecule has 1 rings (SSSR count). The maximum atomic E-state index is 11.1. The second-order valence-corrected chi connectivity index (χ2v) is 2.66. The molecule has 0 spiro atoms. The van der Waals surface area contributed by atoms with Gasteiger partial charge in [0.1, 0.15) is 5.75 Å². The quantitative estimate of drug-likeness (QED) is 0.599. The van der Waals surface area contributed by atoms with Crippen LogP contribution >= 0.6 is 0 Å². The number of carbonyl (C=O) groups is 2. The van der Waals surface area contributed by atoms with E-state index in [1.807, 2.05) is 0 Å². The number of benzene rings is 1. The van der Waals surface area contributed by atoms with E-state index in [2.05, 4.69) is 0 Å². The van der Waals surface area contributed by atoms with Crippen molar-refractivity contribution < 1.29 is 19.8 Å². The lowest BCUT2D eigenvalue weighted by Gasteiger charge is -2.02. The van der Waals surface area contributed by atoms with Gasteiger partial charge in [0, 0.05) is 0 Å². The number of aromatic carboxylic acids is 1. The molecule has 0 aliphatic carbocycles. The minimum Gasteiger partial charge on any atom is -0.507 e. The highest BCUT2D eigenvalue weighted by molar-refractivity contribution is 6.02. The van der Waals surface area contributed by atoms with Crippen LogP contribution in [-0.2, 0) is 0 Å². The zero-order valence-corrected chi connectivity index (χ0v) is 7.23. The Morgan fingerprint density at radius 2 is 2.00 bits per heavy atom. The number of rotatable bonds is 3. The fourth-order valence-corrected chi connectivity index (χ4v) is 1.00. The Hall–Kier alpha value is -1.88. The summed E-state index contributed by atoms with van der Waals surface area (Å²) in [5.41, 5.74) is 4.97. The van der Waals surface area contributed by atoms with Crippen molar-refractivity contribution in [1.82, 2.24) is 0 Å². The standard InChI is InChI=1S/C9H9NO4/c10-4-8(12)6-3-5(9(13)14)1-2-7(6)11/h1-3,11H,4,10H2,(H,13,14). The van der Waals surface area contributed by atoms with Crippen LogP contribution in [0.1, 0.15) is 20.7 Å². The molecule has 1 aromatic carbocycles. The Morgan fingerprint density at radius 1 is 1.36 bits per heavy atom. The van der Waals surface area contributed by atoms with Crippen LogP contribution in [0, 0.1) is 0 Å². The highest BCUT2D eigenvalue weighted by Gasteiger charge is 2.12. The van der Waals surface area contributed by atoms with Crippen molar-refractivity contribution in [1.29, 1.82) is 0 Å². The zero-order valence-electron chi connectivity index (χ0n) is 7.23. The number of phenolic OH excluding ortho intramolecular Hbond substituents is 1. The molecule has 0 aliphatic heterocycles. The number of carboxylic acid groups (broad SMARTS) is 1. The van der Waals surface area contributed by atoms with Gasteiger partial charge in [0.15, 0.2) is 5.78 Å². The normalized spacial score (nSPS) is 9.79. The summed E-state index contributed by atoms with van der Waals surface area (Å²) in [6, 6.07) is 3.48. The molecular weight excluding hydrogens is 186 g/mol. The molecule has 0 heterocycles. The molecule has 4 N–H and O–H groups in total. The van der Waals surface area contributed by atoms with Crippen molar-refractivity contribution >= 4 is 11.8 Å². The van der Waals surface area contributed by atoms with E-state index < -0.39 is 11.8 Å². The average Bonchev–Trinajstić information content (AvgIpc) is 2.17. The molecule has 74 valence electrons. The average molecular weight is 195 g/mol. The molecule has 0 amide bonds. The molecule has 0 saturated heterocycles. The van der Waals surface area contributed by atoms with Crippen LogP contribution < -0.4 is 5.73 Å². The third-order valence-corrected chi connectivity index (χ3v) is 1.73. The van der Waals surface area contributed by atoms with Crippen LogP contribution in [0.2, 0.25) is 0 Å². The molecule has 0 aromatic heterocycles. The molecule has 0 atom stereocenters. The zero-order chi connectivity index (χ0) is 10.7. The number of hydrogen-bond donors (Lipinski definition) is 3. The summed E-state index contributed by atoms with van der Waals surface area (Å²) in [6.45, 7) is -0.267. The van der Waals surface area contributed by atoms with E-state index in [0.29, 0.717) is 0 Å². The molecule has 14 heavy (non-hydrogen) atoms. The third-order valence-electron chi connectivity index (χ3n) is 1.73. The number of aromatic hydroxyl groups is 1. The van der Waals surface area contributed by atoms with E-state index in [4.69, 9.17) is 10.8 Å². The summed E-state index contributed by atoms with van der Waals surface area (Å²) in [6.07, 6.45) is 0.